The Labute approximate surface area is 124 Å². The molecule has 0 aliphatic carbocycles. The average Bonchev–Trinajstić information content (AvgIpc) is 2.36. The second-order valence-electron chi connectivity index (χ2n) is 4.06. The summed E-state index contributed by atoms with van der Waals surface area (Å²) in [6.07, 6.45) is 0. The number of hydrogen-bond donors (Lipinski definition) is 2. The fourth-order valence-corrected chi connectivity index (χ4v) is 2.39. The van der Waals surface area contributed by atoms with E-state index in [9.17, 15) is 4.79 Å². The van der Waals surface area contributed by atoms with Crippen molar-refractivity contribution in [1.82, 2.24) is 0 Å². The highest BCUT2D eigenvalue weighted by Crippen LogP contribution is 2.32. The van der Waals surface area contributed by atoms with Crippen LogP contribution >= 0.6 is 27.5 Å². The molecule has 0 saturated heterocycles. The molecule has 0 atom stereocenters. The number of para-hydroxylation sites is 1. The normalized spacial score (nSPS) is 10.3. The van der Waals surface area contributed by atoms with E-state index in [2.05, 4.69) is 21.2 Å². The second kappa shape index (κ2) is 5.63. The molecule has 0 aliphatic rings. The molecule has 3 nitrogen and oxygen atoms in total. The fourth-order valence-electron chi connectivity index (χ4n) is 1.67. The summed E-state index contributed by atoms with van der Waals surface area (Å²) in [5.74, 6) is -0.975. The Balaban J connectivity index is 2.42. The van der Waals surface area contributed by atoms with E-state index in [1.807, 2.05) is 13.0 Å². The Morgan fingerprint density at radius 2 is 1.95 bits per heavy atom. The number of carbonyl (C=O) groups is 1. The van der Waals surface area contributed by atoms with E-state index in [0.717, 1.165) is 15.7 Å². The van der Waals surface area contributed by atoms with Crippen LogP contribution in [0.15, 0.2) is 40.9 Å². The quantitative estimate of drug-likeness (QED) is 0.839. The number of carboxylic acid groups (broad SMARTS) is 1. The summed E-state index contributed by atoms with van der Waals surface area (Å²) in [6.45, 7) is 1.90. The molecule has 0 unspecified atom stereocenters. The van der Waals surface area contributed by atoms with E-state index >= 15 is 0 Å². The smallest absolute Gasteiger partial charge is 0.337 e. The van der Waals surface area contributed by atoms with Gasteiger partial charge < -0.3 is 10.4 Å². The van der Waals surface area contributed by atoms with Gasteiger partial charge in [0.2, 0.25) is 0 Å². The van der Waals surface area contributed by atoms with E-state index in [4.69, 9.17) is 16.7 Å². The zero-order chi connectivity index (χ0) is 14.0. The standard InChI is InChI=1S/C14H11BrClNO2/c1-8-6-10(15)13(7-11(8)16)17-12-5-3-2-4-9(12)14(18)19/h2-7,17H,1H3,(H,18,19). The molecular weight excluding hydrogens is 330 g/mol. The Bertz CT molecular complexity index is 643. The maximum absolute atomic E-state index is 11.1. The lowest BCUT2D eigenvalue weighted by atomic mass is 10.1. The van der Waals surface area contributed by atoms with Crippen molar-refractivity contribution in [3.05, 3.63) is 57.0 Å². The average molecular weight is 341 g/mol. The van der Waals surface area contributed by atoms with Gasteiger partial charge in [-0.2, -0.15) is 0 Å². The second-order valence-corrected chi connectivity index (χ2v) is 5.32. The van der Waals surface area contributed by atoms with E-state index < -0.39 is 5.97 Å². The Hall–Kier alpha value is -1.52. The molecule has 0 spiro atoms. The van der Waals surface area contributed by atoms with E-state index in [0.29, 0.717) is 10.7 Å². The van der Waals surface area contributed by atoms with Crippen molar-refractivity contribution in [3.63, 3.8) is 0 Å². The molecule has 0 heterocycles. The number of nitrogens with one attached hydrogen (secondary N) is 1. The lowest BCUT2D eigenvalue weighted by Crippen LogP contribution is -2.02. The van der Waals surface area contributed by atoms with Crippen molar-refractivity contribution >= 4 is 44.9 Å². The summed E-state index contributed by atoms with van der Waals surface area (Å²) in [6, 6.07) is 10.4. The number of aryl methyl sites for hydroxylation is 1. The van der Waals surface area contributed by atoms with Crippen molar-refractivity contribution in [3.8, 4) is 0 Å². The summed E-state index contributed by atoms with van der Waals surface area (Å²) in [5.41, 5.74) is 2.41. The van der Waals surface area contributed by atoms with Gasteiger partial charge in [-0.15, -0.1) is 0 Å². The monoisotopic (exact) mass is 339 g/mol. The van der Waals surface area contributed by atoms with E-state index in [1.165, 1.54) is 0 Å². The topological polar surface area (TPSA) is 49.3 Å². The van der Waals surface area contributed by atoms with Crippen molar-refractivity contribution in [1.29, 1.82) is 0 Å². The summed E-state index contributed by atoms with van der Waals surface area (Å²) in [7, 11) is 0. The third-order valence-electron chi connectivity index (χ3n) is 2.68. The molecular formula is C14H11BrClNO2. The van der Waals surface area contributed by atoms with Crippen LogP contribution in [0.1, 0.15) is 15.9 Å². The van der Waals surface area contributed by atoms with Gasteiger partial charge in [0.1, 0.15) is 0 Å². The third-order valence-corrected chi connectivity index (χ3v) is 3.74. The van der Waals surface area contributed by atoms with Gasteiger partial charge in [-0.25, -0.2) is 4.79 Å². The van der Waals surface area contributed by atoms with E-state index in [-0.39, 0.29) is 5.56 Å². The first kappa shape index (κ1) is 13.9. The zero-order valence-electron chi connectivity index (χ0n) is 10.1. The molecule has 2 rings (SSSR count). The molecule has 0 radical (unpaired) electrons. The van der Waals surface area contributed by atoms with Gasteiger partial charge in [0, 0.05) is 9.50 Å². The van der Waals surface area contributed by atoms with Crippen molar-refractivity contribution in [2.24, 2.45) is 0 Å². The van der Waals surface area contributed by atoms with Crippen LogP contribution in [0.3, 0.4) is 0 Å². The lowest BCUT2D eigenvalue weighted by molar-refractivity contribution is 0.0698. The van der Waals surface area contributed by atoms with Crippen LogP contribution in [-0.4, -0.2) is 11.1 Å². The molecule has 19 heavy (non-hydrogen) atoms. The minimum Gasteiger partial charge on any atom is -0.478 e. The van der Waals surface area contributed by atoms with Gasteiger partial charge in [0.05, 0.1) is 16.9 Å². The van der Waals surface area contributed by atoms with Crippen LogP contribution in [0.4, 0.5) is 11.4 Å². The summed E-state index contributed by atoms with van der Waals surface area (Å²) < 4.78 is 0.828. The Kier molecular flexibility index (Phi) is 4.12. The van der Waals surface area contributed by atoms with Gasteiger partial charge >= 0.3 is 5.97 Å². The molecule has 5 heteroatoms. The van der Waals surface area contributed by atoms with Crippen LogP contribution in [0, 0.1) is 6.92 Å². The number of hydrogen-bond acceptors (Lipinski definition) is 2. The summed E-state index contributed by atoms with van der Waals surface area (Å²) in [5, 5.41) is 12.8. The number of aromatic carboxylic acids is 1. The largest absolute Gasteiger partial charge is 0.478 e. The predicted octanol–water partition coefficient (Wildman–Crippen LogP) is 4.85. The van der Waals surface area contributed by atoms with Gasteiger partial charge in [-0.05, 0) is 52.7 Å². The van der Waals surface area contributed by atoms with Gasteiger partial charge in [-0.1, -0.05) is 23.7 Å². The van der Waals surface area contributed by atoms with Gasteiger partial charge in [0.15, 0.2) is 0 Å². The lowest BCUT2D eigenvalue weighted by Gasteiger charge is -2.12. The van der Waals surface area contributed by atoms with Gasteiger partial charge in [-0.3, -0.25) is 0 Å². The first-order valence-corrected chi connectivity index (χ1v) is 6.71. The molecule has 0 aromatic heterocycles. The zero-order valence-corrected chi connectivity index (χ0v) is 12.4. The first-order chi connectivity index (χ1) is 8.99. The van der Waals surface area contributed by atoms with Gasteiger partial charge in [0.25, 0.3) is 0 Å². The number of rotatable bonds is 3. The van der Waals surface area contributed by atoms with Crippen LogP contribution < -0.4 is 5.32 Å². The summed E-state index contributed by atoms with van der Waals surface area (Å²) in [4.78, 5) is 11.1. The fraction of sp³-hybridized carbons (Fsp3) is 0.0714. The molecule has 0 bridgehead atoms. The maximum Gasteiger partial charge on any atom is 0.337 e. The van der Waals surface area contributed by atoms with Crippen LogP contribution in [0.2, 0.25) is 5.02 Å². The highest BCUT2D eigenvalue weighted by molar-refractivity contribution is 9.10. The minimum absolute atomic E-state index is 0.214. The van der Waals surface area contributed by atoms with Crippen LogP contribution in [0.5, 0.6) is 0 Å². The van der Waals surface area contributed by atoms with Crippen molar-refractivity contribution < 1.29 is 9.90 Å². The molecule has 98 valence electrons. The SMILES string of the molecule is Cc1cc(Br)c(Nc2ccccc2C(=O)O)cc1Cl. The first-order valence-electron chi connectivity index (χ1n) is 5.54. The highest BCUT2D eigenvalue weighted by Gasteiger charge is 2.11. The highest BCUT2D eigenvalue weighted by atomic mass is 79.9. The molecule has 2 N–H and O–H groups in total. The molecule has 0 amide bonds. The molecule has 0 aliphatic heterocycles. The maximum atomic E-state index is 11.1. The minimum atomic E-state index is -0.975. The number of carboxylic acids is 1. The van der Waals surface area contributed by atoms with Crippen LogP contribution in [-0.2, 0) is 0 Å². The molecule has 0 saturated carbocycles. The number of benzene rings is 2. The van der Waals surface area contributed by atoms with Crippen LogP contribution in [0.25, 0.3) is 0 Å². The van der Waals surface area contributed by atoms with E-state index in [1.54, 1.807) is 30.3 Å². The predicted molar refractivity (Wildman–Crippen MR) is 80.6 cm³/mol. The molecule has 2 aromatic carbocycles. The van der Waals surface area contributed by atoms with Crippen molar-refractivity contribution in [2.75, 3.05) is 5.32 Å². The molecule has 0 fully saturated rings. The molecule has 2 aromatic rings. The third kappa shape index (κ3) is 3.08. The Morgan fingerprint density at radius 3 is 2.63 bits per heavy atom. The number of anilines is 2. The summed E-state index contributed by atoms with van der Waals surface area (Å²) >= 11 is 9.51. The number of halogens is 2. The Morgan fingerprint density at radius 1 is 1.26 bits per heavy atom. The van der Waals surface area contributed by atoms with Crippen molar-refractivity contribution in [2.45, 2.75) is 6.92 Å².